The molecular formula is C104H128B2Br2N6O4S6. The summed E-state index contributed by atoms with van der Waals surface area (Å²) in [4.78, 5) is 7.61. The number of unbranched alkanes of at least 4 members (excludes halogenated alkanes) is 20. The first-order valence-electron chi connectivity index (χ1n) is 47.1. The van der Waals surface area contributed by atoms with Crippen LogP contribution < -0.4 is 10.9 Å². The van der Waals surface area contributed by atoms with Crippen molar-refractivity contribution in [1.29, 1.82) is 0 Å². The maximum Gasteiger partial charge on any atom is 0.494 e. The zero-order chi connectivity index (χ0) is 86.6. The van der Waals surface area contributed by atoms with Gasteiger partial charge in [-0.15, -0.1) is 45.3 Å². The first-order valence-corrected chi connectivity index (χ1v) is 53.4. The number of aryl methyl sites for hydroxylation is 6. The topological polar surface area (TPSA) is 98.3 Å². The van der Waals surface area contributed by atoms with E-state index in [-0.39, 0.29) is 36.6 Å². The van der Waals surface area contributed by atoms with Gasteiger partial charge >= 0.3 is 14.2 Å². The Labute approximate surface area is 780 Å². The number of hydrogen-bond donors (Lipinski definition) is 0. The summed E-state index contributed by atoms with van der Waals surface area (Å²) >= 11 is 16.8. The monoisotopic (exact) mass is 1900 g/mol. The van der Waals surface area contributed by atoms with Crippen molar-refractivity contribution in [1.82, 2.24) is 26.6 Å². The zero-order valence-corrected chi connectivity index (χ0v) is 84.1. The van der Waals surface area contributed by atoms with E-state index in [0.717, 1.165) is 77.4 Å². The standard InChI is InChI=1S/C47H55N3S3.C43H67B2NO4.C14H6Br2N2S3/c1-5-7-9-11-13-15-17-36(18-16-14-12-10-8-6-2)50-39-28-31(3)27-33-20-21-34-29-35(30-40(50)45(34)44(33)39)41-25-26-43(52-41)38-23-22-37(42-24-19-32(4)51-42)46-47(38)49-53-48-46;1-11-13-15-17-19-21-23-35(24-22-20-18-16-14-12-2)46-36-29-33(44-47-40(3,4)41(5,6)48-44)27-31-25-26-32-28-34(30-37(46)39(32)38(31)36)45-49-42(7,8)43(9,10)50-45;15-11-5-3-9(19-11)7-1-2-8(10-4-6-12(16)20-10)14-13(7)17-21-18-14/h19,22-30,36H,5-18,20-21H2,1-4H3;27-30,35H,11-26H2,1-10H3;1-6H. The van der Waals surface area contributed by atoms with E-state index in [1.54, 1.807) is 33.6 Å². The molecule has 10 heterocycles. The number of rotatable bonds is 37. The molecule has 2 saturated heterocycles. The zero-order valence-electron chi connectivity index (χ0n) is 76.0. The van der Waals surface area contributed by atoms with Crippen molar-refractivity contribution < 1.29 is 18.6 Å². The third-order valence-electron chi connectivity index (χ3n) is 27.9. The number of nitrogens with zero attached hydrogens (tertiary/aromatic N) is 6. The van der Waals surface area contributed by atoms with Gasteiger partial charge in [0.15, 0.2) is 0 Å². The highest BCUT2D eigenvalue weighted by molar-refractivity contribution is 9.11. The molecule has 4 aliphatic rings. The summed E-state index contributed by atoms with van der Waals surface area (Å²) in [6.07, 6.45) is 41.4. The van der Waals surface area contributed by atoms with Gasteiger partial charge in [-0.2, -0.15) is 17.5 Å². The first kappa shape index (κ1) is 91.6. The lowest BCUT2D eigenvalue weighted by Crippen LogP contribution is -2.41. The van der Waals surface area contributed by atoms with E-state index in [2.05, 4.69) is 268 Å². The van der Waals surface area contributed by atoms with Crippen molar-refractivity contribution in [2.24, 2.45) is 0 Å². The SMILES string of the molecule is Brc1ccc(-c2ccc(-c3ccc(Br)s3)c3nsnc23)s1.CCCCCCCCC(CCCCCCCC)n1c2cc(B3OC(C)(C)C(C)(C)O3)cc3c2c2c(cc(B4OC(C)(C)C(C)(C)O4)cc21)CC3.CCCCCCCCC(CCCCCCCC)n1c2cc(C)cc3c2c2c(cc(-c4ccc(-c5ccc(-c6ccc(C)s6)c6nsnc56)s4)cc21)CC3. The average Bonchev–Trinajstić information content (AvgIpc) is 1.56. The molecule has 2 aliphatic heterocycles. The van der Waals surface area contributed by atoms with Gasteiger partial charge in [-0.05, 0) is 276 Å². The predicted octanol–water partition coefficient (Wildman–Crippen LogP) is 32.9. The molecule has 0 saturated carbocycles. The fraction of sp³-hybridized carbons (Fsp3) is 0.500. The minimum Gasteiger partial charge on any atom is -0.399 e. The summed E-state index contributed by atoms with van der Waals surface area (Å²) in [6.45, 7) is 31.0. The minimum atomic E-state index is -0.375. The third-order valence-corrected chi connectivity index (χ3v) is 34.4. The minimum absolute atomic E-state index is 0.371. The molecule has 0 amide bonds. The molecule has 654 valence electrons. The molecule has 20 heteroatoms. The normalized spacial score (nSPS) is 15.6. The fourth-order valence-corrected chi connectivity index (χ4v) is 25.6. The van der Waals surface area contributed by atoms with Crippen LogP contribution >= 0.6 is 101 Å². The van der Waals surface area contributed by atoms with Crippen LogP contribution in [0.25, 0.3) is 118 Å². The van der Waals surface area contributed by atoms with E-state index >= 15 is 0 Å². The molecule has 18 rings (SSSR count). The fourth-order valence-electron chi connectivity index (χ4n) is 19.7. The van der Waals surface area contributed by atoms with E-state index in [1.165, 1.54) is 310 Å². The van der Waals surface area contributed by atoms with Gasteiger partial charge in [-0.3, -0.25) is 0 Å². The summed E-state index contributed by atoms with van der Waals surface area (Å²) in [5.41, 5.74) is 23.9. The van der Waals surface area contributed by atoms with Gasteiger partial charge < -0.3 is 27.8 Å². The number of thiophene rings is 4. The van der Waals surface area contributed by atoms with Crippen molar-refractivity contribution >= 4 is 192 Å². The van der Waals surface area contributed by atoms with Crippen LogP contribution in [0.4, 0.5) is 0 Å². The van der Waals surface area contributed by atoms with E-state index in [0.29, 0.717) is 12.1 Å². The smallest absolute Gasteiger partial charge is 0.399 e. The predicted molar refractivity (Wildman–Crippen MR) is 547 cm³/mol. The Balaban J connectivity index is 0.000000149. The number of benzene rings is 6. The van der Waals surface area contributed by atoms with Gasteiger partial charge in [0, 0.05) is 102 Å². The molecule has 2 aliphatic carbocycles. The molecule has 8 aromatic heterocycles. The lowest BCUT2D eigenvalue weighted by molar-refractivity contribution is 0.00578. The molecule has 10 nitrogen and oxygen atoms in total. The van der Waals surface area contributed by atoms with Crippen LogP contribution in [0.1, 0.15) is 308 Å². The van der Waals surface area contributed by atoms with Gasteiger partial charge in [0.1, 0.15) is 22.1 Å². The quantitative estimate of drug-likeness (QED) is 0.0281. The van der Waals surface area contributed by atoms with Crippen molar-refractivity contribution in [2.75, 3.05) is 0 Å². The molecule has 0 atom stereocenters. The highest BCUT2D eigenvalue weighted by Gasteiger charge is 2.54. The lowest BCUT2D eigenvalue weighted by atomic mass is 9.74. The van der Waals surface area contributed by atoms with E-state index in [4.69, 9.17) is 27.4 Å². The van der Waals surface area contributed by atoms with Crippen LogP contribution in [-0.2, 0) is 44.3 Å². The van der Waals surface area contributed by atoms with Gasteiger partial charge in [-0.1, -0.05) is 224 Å². The summed E-state index contributed by atoms with van der Waals surface area (Å²) in [7, 11) is -0.742. The number of aromatic nitrogens is 6. The molecule has 0 N–H and O–H groups in total. The molecule has 0 bridgehead atoms. The number of halogens is 2. The molecule has 124 heavy (non-hydrogen) atoms. The van der Waals surface area contributed by atoms with Gasteiger partial charge in [-0.25, -0.2) is 0 Å². The second kappa shape index (κ2) is 40.3. The number of hydrogen-bond acceptors (Lipinski definition) is 14. The molecular weight excluding hydrogens is 1770 g/mol. The second-order valence-electron chi connectivity index (χ2n) is 38.0. The molecule has 0 unspecified atom stereocenters. The Hall–Kier alpha value is -5.71. The Kier molecular flexibility index (Phi) is 29.8. The highest BCUT2D eigenvalue weighted by Crippen LogP contribution is 2.50. The molecule has 0 spiro atoms. The van der Waals surface area contributed by atoms with Crippen molar-refractivity contribution in [3.05, 3.63) is 162 Å². The van der Waals surface area contributed by atoms with Gasteiger partial charge in [0.2, 0.25) is 0 Å². The molecule has 6 aromatic carbocycles. The Morgan fingerprint density at radius 1 is 0.339 bits per heavy atom. The summed E-state index contributed by atoms with van der Waals surface area (Å²) in [5.74, 6) is 0. The average molecular weight is 1900 g/mol. The second-order valence-corrected chi connectivity index (χ2v) is 46.3. The maximum atomic E-state index is 6.67. The molecule has 0 radical (unpaired) electrons. The van der Waals surface area contributed by atoms with Crippen molar-refractivity contribution in [3.8, 4) is 52.2 Å². The number of fused-ring (bicyclic) bond motifs is 2. The van der Waals surface area contributed by atoms with E-state index < -0.39 is 0 Å². The molecule has 14 aromatic rings. The third kappa shape index (κ3) is 19.7. The van der Waals surface area contributed by atoms with Crippen LogP contribution in [0.2, 0.25) is 0 Å². The van der Waals surface area contributed by atoms with Gasteiger partial charge in [0.25, 0.3) is 0 Å². The lowest BCUT2D eigenvalue weighted by Gasteiger charge is -2.32. The largest absolute Gasteiger partial charge is 0.494 e. The van der Waals surface area contributed by atoms with Crippen LogP contribution in [0.15, 0.2) is 129 Å². The molecule has 2 fully saturated rings. The van der Waals surface area contributed by atoms with Crippen LogP contribution in [0.3, 0.4) is 0 Å². The maximum absolute atomic E-state index is 6.67. The summed E-state index contributed by atoms with van der Waals surface area (Å²) in [6, 6.07) is 47.0. The summed E-state index contributed by atoms with van der Waals surface area (Å²) in [5, 5.41) is 5.96. The van der Waals surface area contributed by atoms with E-state index in [9.17, 15) is 0 Å². The van der Waals surface area contributed by atoms with Crippen LogP contribution in [-0.4, -0.2) is 63.3 Å². The van der Waals surface area contributed by atoms with Crippen molar-refractivity contribution in [3.63, 3.8) is 0 Å². The Bertz CT molecular complexity index is 5790. The first-order chi connectivity index (χ1) is 59.9. The Morgan fingerprint density at radius 2 is 0.645 bits per heavy atom. The van der Waals surface area contributed by atoms with Crippen LogP contribution in [0, 0.1) is 13.8 Å². The van der Waals surface area contributed by atoms with Crippen molar-refractivity contribution in [2.45, 2.75) is 337 Å². The van der Waals surface area contributed by atoms with Crippen LogP contribution in [0.5, 0.6) is 0 Å². The van der Waals surface area contributed by atoms with Gasteiger partial charge in [0.05, 0.1) is 59.0 Å². The highest BCUT2D eigenvalue weighted by atomic mass is 79.9. The Morgan fingerprint density at radius 3 is 1.00 bits per heavy atom. The van der Waals surface area contributed by atoms with E-state index in [1.807, 2.05) is 22.7 Å². The summed E-state index contributed by atoms with van der Waals surface area (Å²) < 4.78 is 53.2.